The minimum atomic E-state index is -0.504. The van der Waals surface area contributed by atoms with Crippen molar-refractivity contribution in [3.8, 4) is 5.75 Å². The highest BCUT2D eigenvalue weighted by Gasteiger charge is 2.34. The van der Waals surface area contributed by atoms with E-state index in [2.05, 4.69) is 0 Å². The molecular weight excluding hydrogens is 242 g/mol. The van der Waals surface area contributed by atoms with Crippen LogP contribution in [0.1, 0.15) is 37.4 Å². The number of methoxy groups -OCH3 is 1. The Kier molecular flexibility index (Phi) is 3.19. The highest BCUT2D eigenvalue weighted by atomic mass is 16.5. The van der Waals surface area contributed by atoms with Crippen LogP contribution in [-0.4, -0.2) is 24.7 Å². The van der Waals surface area contributed by atoms with Gasteiger partial charge in [-0.05, 0) is 37.5 Å². The molecular formula is C15H19NO3. The van der Waals surface area contributed by atoms with Crippen molar-refractivity contribution in [1.82, 2.24) is 0 Å². The number of hydrogen-bond donors (Lipinski definition) is 1. The van der Waals surface area contributed by atoms with Gasteiger partial charge in [0.05, 0.1) is 13.2 Å². The number of carbonyl (C=O) groups excluding carboxylic acids is 1. The molecule has 1 unspecified atom stereocenters. The number of fused-ring (bicyclic) bond motifs is 1. The van der Waals surface area contributed by atoms with Crippen molar-refractivity contribution in [2.75, 3.05) is 18.6 Å². The van der Waals surface area contributed by atoms with Gasteiger partial charge in [-0.1, -0.05) is 6.42 Å². The number of benzene rings is 1. The summed E-state index contributed by atoms with van der Waals surface area (Å²) in [4.78, 5) is 14.3. The van der Waals surface area contributed by atoms with E-state index >= 15 is 0 Å². The normalized spacial score (nSPS) is 22.6. The van der Waals surface area contributed by atoms with Crippen molar-refractivity contribution in [3.05, 3.63) is 23.8 Å². The fraction of sp³-hybridized carbons (Fsp3) is 0.533. The molecule has 1 N–H and O–H groups in total. The van der Waals surface area contributed by atoms with Crippen LogP contribution < -0.4 is 9.64 Å². The van der Waals surface area contributed by atoms with E-state index in [1.54, 1.807) is 7.11 Å². The van der Waals surface area contributed by atoms with Gasteiger partial charge in [0.2, 0.25) is 5.91 Å². The number of anilines is 1. The van der Waals surface area contributed by atoms with Crippen LogP contribution in [0.4, 0.5) is 5.69 Å². The SMILES string of the molecule is COc1ccc2c(c1)C(O)CCN2C(=O)C1CCC1. The van der Waals surface area contributed by atoms with Crippen LogP contribution in [0.25, 0.3) is 0 Å². The third kappa shape index (κ3) is 2.10. The van der Waals surface area contributed by atoms with Crippen LogP contribution in [0.5, 0.6) is 5.75 Å². The molecule has 0 spiro atoms. The molecule has 19 heavy (non-hydrogen) atoms. The summed E-state index contributed by atoms with van der Waals surface area (Å²) in [5, 5.41) is 10.1. The molecule has 0 radical (unpaired) electrons. The van der Waals surface area contributed by atoms with Gasteiger partial charge in [-0.3, -0.25) is 4.79 Å². The van der Waals surface area contributed by atoms with Crippen molar-refractivity contribution in [2.45, 2.75) is 31.8 Å². The summed E-state index contributed by atoms with van der Waals surface area (Å²) >= 11 is 0. The third-order valence-corrected chi connectivity index (χ3v) is 4.23. The first-order chi connectivity index (χ1) is 9.20. The average molecular weight is 261 g/mol. The van der Waals surface area contributed by atoms with E-state index in [1.807, 2.05) is 23.1 Å². The Bertz CT molecular complexity index is 496. The van der Waals surface area contributed by atoms with Gasteiger partial charge in [-0.15, -0.1) is 0 Å². The molecule has 0 bridgehead atoms. The molecule has 0 aromatic heterocycles. The lowest BCUT2D eigenvalue weighted by molar-refractivity contribution is -0.124. The van der Waals surface area contributed by atoms with Crippen LogP contribution >= 0.6 is 0 Å². The van der Waals surface area contributed by atoms with Crippen LogP contribution in [-0.2, 0) is 4.79 Å². The maximum atomic E-state index is 12.4. The molecule has 1 amide bonds. The summed E-state index contributed by atoms with van der Waals surface area (Å²) in [6, 6.07) is 5.56. The van der Waals surface area contributed by atoms with Crippen molar-refractivity contribution in [1.29, 1.82) is 0 Å². The van der Waals surface area contributed by atoms with Gasteiger partial charge in [0.1, 0.15) is 5.75 Å². The quantitative estimate of drug-likeness (QED) is 0.888. The number of aliphatic hydroxyl groups is 1. The number of ether oxygens (including phenoxy) is 1. The van der Waals surface area contributed by atoms with Crippen LogP contribution in [0.2, 0.25) is 0 Å². The number of carbonyl (C=O) groups is 1. The Balaban J connectivity index is 1.93. The molecule has 1 heterocycles. The largest absolute Gasteiger partial charge is 0.497 e. The van der Waals surface area contributed by atoms with Crippen molar-refractivity contribution in [2.24, 2.45) is 5.92 Å². The molecule has 3 rings (SSSR count). The minimum Gasteiger partial charge on any atom is -0.497 e. The smallest absolute Gasteiger partial charge is 0.230 e. The molecule has 102 valence electrons. The van der Waals surface area contributed by atoms with Crippen LogP contribution in [0, 0.1) is 5.92 Å². The van der Waals surface area contributed by atoms with E-state index in [1.165, 1.54) is 0 Å². The molecule has 1 aliphatic heterocycles. The van der Waals surface area contributed by atoms with Crippen molar-refractivity contribution in [3.63, 3.8) is 0 Å². The monoisotopic (exact) mass is 261 g/mol. The topological polar surface area (TPSA) is 49.8 Å². The molecule has 4 nitrogen and oxygen atoms in total. The second kappa shape index (κ2) is 4.85. The summed E-state index contributed by atoms with van der Waals surface area (Å²) in [5.41, 5.74) is 1.65. The minimum absolute atomic E-state index is 0.185. The van der Waals surface area contributed by atoms with Gasteiger partial charge in [-0.25, -0.2) is 0 Å². The van der Waals surface area contributed by atoms with Crippen LogP contribution in [0.3, 0.4) is 0 Å². The third-order valence-electron chi connectivity index (χ3n) is 4.23. The second-order valence-electron chi connectivity index (χ2n) is 5.35. The molecule has 1 aromatic carbocycles. The highest BCUT2D eigenvalue weighted by molar-refractivity contribution is 5.96. The first kappa shape index (κ1) is 12.5. The predicted octanol–water partition coefficient (Wildman–Crippen LogP) is 2.27. The zero-order valence-corrected chi connectivity index (χ0v) is 11.1. The standard InChI is InChI=1S/C15H19NO3/c1-19-11-5-6-13-12(9-11)14(17)7-8-16(13)15(18)10-3-2-4-10/h5-6,9-10,14,17H,2-4,7-8H2,1H3. The van der Waals surface area contributed by atoms with Gasteiger partial charge in [0, 0.05) is 23.7 Å². The zero-order valence-electron chi connectivity index (χ0n) is 11.1. The summed E-state index contributed by atoms with van der Waals surface area (Å²) in [6.07, 6.45) is 3.25. The zero-order chi connectivity index (χ0) is 13.4. The molecule has 4 heteroatoms. The van der Waals surface area contributed by atoms with Crippen molar-refractivity contribution < 1.29 is 14.6 Å². The van der Waals surface area contributed by atoms with E-state index < -0.39 is 6.10 Å². The van der Waals surface area contributed by atoms with Crippen molar-refractivity contribution >= 4 is 11.6 Å². The van der Waals surface area contributed by atoms with E-state index in [9.17, 15) is 9.90 Å². The number of nitrogens with zero attached hydrogens (tertiary/aromatic N) is 1. The molecule has 1 fully saturated rings. The molecule has 1 aliphatic carbocycles. The number of aliphatic hydroxyl groups excluding tert-OH is 1. The Morgan fingerprint density at radius 1 is 1.37 bits per heavy atom. The van der Waals surface area contributed by atoms with Gasteiger partial charge in [0.25, 0.3) is 0 Å². The second-order valence-corrected chi connectivity index (χ2v) is 5.35. The summed E-state index contributed by atoms with van der Waals surface area (Å²) in [5.74, 6) is 1.12. The molecule has 1 aromatic rings. The Labute approximate surface area is 113 Å². The first-order valence-electron chi connectivity index (χ1n) is 6.88. The van der Waals surface area contributed by atoms with Gasteiger partial charge in [-0.2, -0.15) is 0 Å². The van der Waals surface area contributed by atoms with E-state index in [0.29, 0.717) is 13.0 Å². The van der Waals surface area contributed by atoms with E-state index in [0.717, 1.165) is 36.3 Å². The van der Waals surface area contributed by atoms with Crippen LogP contribution in [0.15, 0.2) is 18.2 Å². The highest BCUT2D eigenvalue weighted by Crippen LogP contribution is 2.38. The lowest BCUT2D eigenvalue weighted by atomic mass is 9.83. The molecule has 0 saturated heterocycles. The number of amides is 1. The number of hydrogen-bond acceptors (Lipinski definition) is 3. The lowest BCUT2D eigenvalue weighted by Gasteiger charge is -2.36. The Hall–Kier alpha value is -1.55. The summed E-state index contributed by atoms with van der Waals surface area (Å²) < 4.78 is 5.19. The fourth-order valence-corrected chi connectivity index (χ4v) is 2.80. The lowest BCUT2D eigenvalue weighted by Crippen LogP contribution is -2.42. The van der Waals surface area contributed by atoms with Gasteiger partial charge in [0.15, 0.2) is 0 Å². The maximum absolute atomic E-state index is 12.4. The maximum Gasteiger partial charge on any atom is 0.230 e. The average Bonchev–Trinajstić information content (AvgIpc) is 2.36. The summed E-state index contributed by atoms with van der Waals surface area (Å²) in [6.45, 7) is 0.607. The Morgan fingerprint density at radius 2 is 2.16 bits per heavy atom. The first-order valence-corrected chi connectivity index (χ1v) is 6.88. The predicted molar refractivity (Wildman–Crippen MR) is 72.3 cm³/mol. The molecule has 1 atom stereocenters. The van der Waals surface area contributed by atoms with E-state index in [4.69, 9.17) is 4.74 Å². The number of rotatable bonds is 2. The van der Waals surface area contributed by atoms with Gasteiger partial charge < -0.3 is 14.7 Å². The van der Waals surface area contributed by atoms with E-state index in [-0.39, 0.29) is 11.8 Å². The fourth-order valence-electron chi connectivity index (χ4n) is 2.80. The Morgan fingerprint density at radius 3 is 2.79 bits per heavy atom. The molecule has 1 saturated carbocycles. The molecule has 2 aliphatic rings. The summed E-state index contributed by atoms with van der Waals surface area (Å²) in [7, 11) is 1.61. The van der Waals surface area contributed by atoms with Gasteiger partial charge >= 0.3 is 0 Å².